The Kier molecular flexibility index (Phi) is 6.68. The first kappa shape index (κ1) is 25.3. The summed E-state index contributed by atoms with van der Waals surface area (Å²) in [5.41, 5.74) is 11.2. The van der Waals surface area contributed by atoms with E-state index in [-0.39, 0.29) is 18.1 Å². The molecule has 2 aliphatic rings. The van der Waals surface area contributed by atoms with E-state index in [1.54, 1.807) is 7.05 Å². The predicted octanol–water partition coefficient (Wildman–Crippen LogP) is 3.35. The van der Waals surface area contributed by atoms with Gasteiger partial charge in [-0.1, -0.05) is 55.8 Å². The van der Waals surface area contributed by atoms with E-state index in [4.69, 9.17) is 15.7 Å². The summed E-state index contributed by atoms with van der Waals surface area (Å²) in [4.78, 5) is 39.8. The van der Waals surface area contributed by atoms with Crippen LogP contribution in [0.25, 0.3) is 11.2 Å². The van der Waals surface area contributed by atoms with Gasteiger partial charge in [-0.25, -0.2) is 4.79 Å². The Balaban J connectivity index is 1.53. The van der Waals surface area contributed by atoms with E-state index in [1.165, 1.54) is 9.13 Å². The molecule has 0 amide bonds. The molecule has 9 nitrogen and oxygen atoms in total. The average molecular weight is 526 g/mol. The number of rotatable bonds is 6. The highest BCUT2D eigenvalue weighted by Crippen LogP contribution is 2.29. The molecule has 0 saturated carbocycles. The molecule has 6 rings (SSSR count). The van der Waals surface area contributed by atoms with Crippen LogP contribution in [0.4, 0.5) is 11.6 Å². The van der Waals surface area contributed by atoms with E-state index >= 15 is 0 Å². The minimum Gasteiger partial charge on any atom is -0.341 e. The molecule has 39 heavy (non-hydrogen) atoms. The molecule has 2 aliphatic heterocycles. The lowest BCUT2D eigenvalue weighted by Gasteiger charge is -2.31. The van der Waals surface area contributed by atoms with E-state index < -0.39 is 5.69 Å². The molecule has 0 bridgehead atoms. The molecule has 0 radical (unpaired) electrons. The van der Waals surface area contributed by atoms with Gasteiger partial charge in [-0.15, -0.1) is 0 Å². The molecule has 2 aromatic carbocycles. The number of piperidine rings is 1. The number of imidazole rings is 1. The maximum atomic E-state index is 14.2. The highest BCUT2D eigenvalue weighted by atomic mass is 16.2. The van der Waals surface area contributed by atoms with Crippen molar-refractivity contribution in [2.75, 3.05) is 18.0 Å². The van der Waals surface area contributed by atoms with Crippen molar-refractivity contribution in [1.82, 2.24) is 18.7 Å². The summed E-state index contributed by atoms with van der Waals surface area (Å²) in [5, 5.41) is 0. The number of aromatic nitrogens is 4. The van der Waals surface area contributed by atoms with Crippen molar-refractivity contribution in [2.45, 2.75) is 58.2 Å². The van der Waals surface area contributed by atoms with Gasteiger partial charge in [0.2, 0.25) is 5.95 Å². The number of hydrogen-bond donors (Lipinski definition) is 1. The van der Waals surface area contributed by atoms with Crippen LogP contribution in [0.15, 0.2) is 63.1 Å². The maximum absolute atomic E-state index is 14.2. The molecular formula is C30H35N7O2. The summed E-state index contributed by atoms with van der Waals surface area (Å²) in [5.74, 6) is 0.726. The number of nitrogens with two attached hydrogens (primary N) is 1. The van der Waals surface area contributed by atoms with Crippen molar-refractivity contribution in [3.63, 3.8) is 0 Å². The van der Waals surface area contributed by atoms with Crippen LogP contribution in [0.2, 0.25) is 0 Å². The van der Waals surface area contributed by atoms with Gasteiger partial charge in [0.1, 0.15) is 0 Å². The SMILES string of the molecule is CCCCn1c(N2CCCC(N)C2)nc2c1c(=O)n(CC1=Nc3ccccc3Cc3ccccc31)c(=O)n2C. The third-order valence-electron chi connectivity index (χ3n) is 7.95. The molecule has 202 valence electrons. The highest BCUT2D eigenvalue weighted by Gasteiger charge is 2.27. The standard InChI is InChI=1S/C30H35N7O2/c1-3-4-16-36-26-27(33-29(36)35-15-9-12-22(31)18-35)34(2)30(39)37(28(26)38)19-25-23-13-7-5-10-20(23)17-21-11-6-8-14-24(21)32-25/h5-8,10-11,13-14,22H,3-4,9,12,15-19,31H2,1-2H3. The third-order valence-corrected chi connectivity index (χ3v) is 7.95. The summed E-state index contributed by atoms with van der Waals surface area (Å²) in [6.07, 6.45) is 4.57. The lowest BCUT2D eigenvalue weighted by molar-refractivity contribution is 0.491. The molecule has 0 spiro atoms. The average Bonchev–Trinajstić information content (AvgIpc) is 3.25. The van der Waals surface area contributed by atoms with E-state index in [0.29, 0.717) is 30.0 Å². The van der Waals surface area contributed by atoms with Crippen molar-refractivity contribution in [3.8, 4) is 0 Å². The van der Waals surface area contributed by atoms with Gasteiger partial charge in [0.25, 0.3) is 5.56 Å². The van der Waals surface area contributed by atoms with Gasteiger partial charge in [-0.3, -0.25) is 18.9 Å². The molecule has 2 aromatic heterocycles. The molecule has 9 heteroatoms. The Morgan fingerprint density at radius 2 is 1.79 bits per heavy atom. The smallest absolute Gasteiger partial charge is 0.332 e. The van der Waals surface area contributed by atoms with Crippen molar-refractivity contribution >= 4 is 28.5 Å². The van der Waals surface area contributed by atoms with Crippen molar-refractivity contribution in [2.24, 2.45) is 17.8 Å². The molecule has 1 atom stereocenters. The summed E-state index contributed by atoms with van der Waals surface area (Å²) in [7, 11) is 1.70. The largest absolute Gasteiger partial charge is 0.341 e. The fourth-order valence-electron chi connectivity index (χ4n) is 5.87. The Morgan fingerprint density at radius 3 is 2.59 bits per heavy atom. The van der Waals surface area contributed by atoms with Crippen LogP contribution in [0.3, 0.4) is 0 Å². The predicted molar refractivity (Wildman–Crippen MR) is 155 cm³/mol. The second-order valence-corrected chi connectivity index (χ2v) is 10.7. The first-order valence-electron chi connectivity index (χ1n) is 13.9. The van der Waals surface area contributed by atoms with Crippen LogP contribution in [-0.2, 0) is 26.6 Å². The van der Waals surface area contributed by atoms with Gasteiger partial charge in [0, 0.05) is 44.7 Å². The number of hydrogen-bond acceptors (Lipinski definition) is 6. The zero-order valence-corrected chi connectivity index (χ0v) is 22.6. The first-order chi connectivity index (χ1) is 19.0. The monoisotopic (exact) mass is 525 g/mol. The second-order valence-electron chi connectivity index (χ2n) is 10.7. The first-order valence-corrected chi connectivity index (χ1v) is 13.9. The van der Waals surface area contributed by atoms with Gasteiger partial charge in [-0.2, -0.15) is 4.98 Å². The van der Waals surface area contributed by atoms with Crippen molar-refractivity contribution in [3.05, 3.63) is 86.1 Å². The van der Waals surface area contributed by atoms with Crippen LogP contribution >= 0.6 is 0 Å². The van der Waals surface area contributed by atoms with Crippen LogP contribution < -0.4 is 21.9 Å². The third kappa shape index (κ3) is 4.50. The number of fused-ring (bicyclic) bond motifs is 3. The number of nitrogens with zero attached hydrogens (tertiary/aromatic N) is 6. The Morgan fingerprint density at radius 1 is 1.03 bits per heavy atom. The molecule has 4 aromatic rings. The Bertz CT molecular complexity index is 1690. The van der Waals surface area contributed by atoms with E-state index in [2.05, 4.69) is 24.0 Å². The molecule has 1 unspecified atom stereocenters. The fraction of sp³-hybridized carbons (Fsp3) is 0.400. The minimum atomic E-state index is -0.396. The van der Waals surface area contributed by atoms with E-state index in [0.717, 1.165) is 67.0 Å². The Labute approximate surface area is 227 Å². The molecule has 1 fully saturated rings. The fourth-order valence-corrected chi connectivity index (χ4v) is 5.87. The molecule has 2 N–H and O–H groups in total. The molecule has 4 heterocycles. The second kappa shape index (κ2) is 10.3. The van der Waals surface area contributed by atoms with Gasteiger partial charge >= 0.3 is 5.69 Å². The van der Waals surface area contributed by atoms with Gasteiger partial charge in [0.05, 0.1) is 17.9 Å². The number of benzene rings is 2. The number of para-hydroxylation sites is 1. The highest BCUT2D eigenvalue weighted by molar-refractivity contribution is 6.04. The van der Waals surface area contributed by atoms with E-state index in [9.17, 15) is 9.59 Å². The number of unbranched alkanes of at least 4 members (excludes halogenated alkanes) is 1. The van der Waals surface area contributed by atoms with E-state index in [1.807, 2.05) is 41.0 Å². The number of anilines is 1. The molecule has 0 aliphatic carbocycles. The minimum absolute atomic E-state index is 0.0647. The van der Waals surface area contributed by atoms with Crippen molar-refractivity contribution in [1.29, 1.82) is 0 Å². The van der Waals surface area contributed by atoms with Crippen LogP contribution in [0, 0.1) is 0 Å². The maximum Gasteiger partial charge on any atom is 0.332 e. The topological polar surface area (TPSA) is 103 Å². The number of aryl methyl sites for hydroxylation is 2. The zero-order chi connectivity index (χ0) is 27.1. The van der Waals surface area contributed by atoms with Gasteiger partial charge < -0.3 is 15.2 Å². The molecular weight excluding hydrogens is 490 g/mol. The summed E-state index contributed by atoms with van der Waals surface area (Å²) in [6.45, 7) is 4.38. The van der Waals surface area contributed by atoms with Crippen LogP contribution in [0.1, 0.15) is 49.3 Å². The van der Waals surface area contributed by atoms with Crippen LogP contribution in [0.5, 0.6) is 0 Å². The normalized spacial score (nSPS) is 17.1. The Hall–Kier alpha value is -3.98. The summed E-state index contributed by atoms with van der Waals surface area (Å²) < 4.78 is 4.83. The lowest BCUT2D eigenvalue weighted by Crippen LogP contribution is -2.44. The van der Waals surface area contributed by atoms with Gasteiger partial charge in [-0.05, 0) is 36.5 Å². The lowest BCUT2D eigenvalue weighted by atomic mass is 9.98. The molecule has 1 saturated heterocycles. The summed E-state index contributed by atoms with van der Waals surface area (Å²) in [6, 6.07) is 16.2. The zero-order valence-electron chi connectivity index (χ0n) is 22.6. The van der Waals surface area contributed by atoms with Crippen molar-refractivity contribution < 1.29 is 0 Å². The quantitative estimate of drug-likeness (QED) is 0.416. The van der Waals surface area contributed by atoms with Gasteiger partial charge in [0.15, 0.2) is 11.2 Å². The number of aliphatic imine (C=N–C) groups is 1. The summed E-state index contributed by atoms with van der Waals surface area (Å²) >= 11 is 0. The van der Waals surface area contributed by atoms with Crippen LogP contribution in [-0.4, -0.2) is 43.5 Å².